The van der Waals surface area contributed by atoms with E-state index in [1.54, 1.807) is 6.20 Å². The normalized spacial score (nSPS) is 20.2. The molecule has 4 rings (SSSR count). The van der Waals surface area contributed by atoms with Crippen molar-refractivity contribution in [3.05, 3.63) is 53.3 Å². The third-order valence-corrected chi connectivity index (χ3v) is 5.29. The lowest BCUT2D eigenvalue weighted by Gasteiger charge is -2.26. The summed E-state index contributed by atoms with van der Waals surface area (Å²) in [6, 6.07) is 9.53. The summed E-state index contributed by atoms with van der Waals surface area (Å²) in [7, 11) is 0. The first-order valence-corrected chi connectivity index (χ1v) is 9.20. The van der Waals surface area contributed by atoms with Gasteiger partial charge in [-0.2, -0.15) is 0 Å². The molecule has 1 amide bonds. The number of fused-ring (bicyclic) bond motifs is 1. The molecule has 3 N–H and O–H groups in total. The second-order valence-electron chi connectivity index (χ2n) is 6.78. The molecule has 6 heteroatoms. The maximum Gasteiger partial charge on any atom is 0.251 e. The van der Waals surface area contributed by atoms with Gasteiger partial charge in [0.15, 0.2) is 0 Å². The van der Waals surface area contributed by atoms with Gasteiger partial charge in [-0.25, -0.2) is 0 Å². The number of amides is 1. The summed E-state index contributed by atoms with van der Waals surface area (Å²) in [4.78, 5) is 20.0. The number of pyridine rings is 1. The minimum atomic E-state index is -0.223. The number of aromatic amines is 1. The van der Waals surface area contributed by atoms with Crippen molar-refractivity contribution in [2.24, 2.45) is 0 Å². The first-order chi connectivity index (χ1) is 12.6. The van der Waals surface area contributed by atoms with Crippen LogP contribution >= 0.6 is 11.6 Å². The van der Waals surface area contributed by atoms with E-state index in [1.165, 1.54) is 0 Å². The van der Waals surface area contributed by atoms with Gasteiger partial charge in [0.05, 0.1) is 22.3 Å². The van der Waals surface area contributed by atoms with Crippen LogP contribution in [-0.4, -0.2) is 33.1 Å². The number of nitrogens with zero attached hydrogens (tertiary/aromatic N) is 1. The van der Waals surface area contributed by atoms with Gasteiger partial charge in [0, 0.05) is 34.9 Å². The van der Waals surface area contributed by atoms with E-state index in [0.717, 1.165) is 47.8 Å². The molecule has 134 valence electrons. The molecule has 0 unspecified atom stereocenters. The summed E-state index contributed by atoms with van der Waals surface area (Å²) in [5, 5.41) is 14.2. The Morgan fingerprint density at radius 2 is 1.88 bits per heavy atom. The molecule has 5 nitrogen and oxygen atoms in total. The van der Waals surface area contributed by atoms with Crippen LogP contribution in [0.5, 0.6) is 0 Å². The van der Waals surface area contributed by atoms with Crippen molar-refractivity contribution < 1.29 is 9.90 Å². The van der Waals surface area contributed by atoms with Crippen LogP contribution in [0.2, 0.25) is 5.02 Å². The molecular formula is C20H20ClN3O2. The van der Waals surface area contributed by atoms with Gasteiger partial charge in [0.2, 0.25) is 0 Å². The number of aliphatic hydroxyl groups is 1. The lowest BCUT2D eigenvalue weighted by Crippen LogP contribution is -2.38. The zero-order valence-corrected chi connectivity index (χ0v) is 15.0. The molecule has 0 atom stereocenters. The summed E-state index contributed by atoms with van der Waals surface area (Å²) in [5.41, 5.74) is 3.25. The van der Waals surface area contributed by atoms with E-state index >= 15 is 0 Å². The average Bonchev–Trinajstić information content (AvgIpc) is 3.15. The van der Waals surface area contributed by atoms with Gasteiger partial charge in [0.1, 0.15) is 0 Å². The van der Waals surface area contributed by atoms with Crippen LogP contribution in [0.4, 0.5) is 0 Å². The number of rotatable bonds is 3. The molecule has 0 spiro atoms. The van der Waals surface area contributed by atoms with Crippen LogP contribution in [0.1, 0.15) is 36.0 Å². The highest BCUT2D eigenvalue weighted by Crippen LogP contribution is 2.30. The number of carbonyl (C=O) groups is 1. The molecule has 1 aliphatic rings. The Morgan fingerprint density at radius 1 is 1.15 bits per heavy atom. The van der Waals surface area contributed by atoms with Crippen molar-refractivity contribution >= 4 is 28.4 Å². The molecule has 2 aromatic heterocycles. The number of H-pyrrole nitrogens is 1. The highest BCUT2D eigenvalue weighted by molar-refractivity contribution is 6.35. The molecule has 0 saturated heterocycles. The standard InChI is InChI=1S/C20H20ClN3O2/c21-17-11-23-18(16-9-10-22-19(16)17)12-1-3-13(4-2-12)20(26)24-14-5-7-15(25)8-6-14/h1-4,9-11,14-15,22,25H,5-8H2,(H,24,26)/t14-,15+. The molecule has 0 aliphatic heterocycles. The smallest absolute Gasteiger partial charge is 0.251 e. The summed E-state index contributed by atoms with van der Waals surface area (Å²) >= 11 is 6.16. The summed E-state index contributed by atoms with van der Waals surface area (Å²) in [5.74, 6) is -0.0752. The van der Waals surface area contributed by atoms with Crippen LogP contribution < -0.4 is 5.32 Å². The van der Waals surface area contributed by atoms with Crippen LogP contribution in [0.3, 0.4) is 0 Å². The molecule has 26 heavy (non-hydrogen) atoms. The summed E-state index contributed by atoms with van der Waals surface area (Å²) < 4.78 is 0. The number of carbonyl (C=O) groups excluding carboxylic acids is 1. The monoisotopic (exact) mass is 369 g/mol. The predicted molar refractivity (Wildman–Crippen MR) is 102 cm³/mol. The first kappa shape index (κ1) is 17.1. The molecule has 1 saturated carbocycles. The molecule has 0 radical (unpaired) electrons. The third-order valence-electron chi connectivity index (χ3n) is 5.00. The van der Waals surface area contributed by atoms with Crippen molar-refractivity contribution in [1.82, 2.24) is 15.3 Å². The number of benzene rings is 1. The lowest BCUT2D eigenvalue weighted by molar-refractivity contribution is 0.0867. The number of aliphatic hydroxyl groups excluding tert-OH is 1. The maximum absolute atomic E-state index is 12.4. The van der Waals surface area contributed by atoms with E-state index in [4.69, 9.17) is 11.6 Å². The Balaban J connectivity index is 1.52. The van der Waals surface area contributed by atoms with Crippen molar-refractivity contribution in [3.63, 3.8) is 0 Å². The van der Waals surface area contributed by atoms with Crippen molar-refractivity contribution in [3.8, 4) is 11.3 Å². The van der Waals surface area contributed by atoms with Gasteiger partial charge in [-0.3, -0.25) is 9.78 Å². The third kappa shape index (κ3) is 3.32. The van der Waals surface area contributed by atoms with Crippen LogP contribution in [0.25, 0.3) is 22.2 Å². The number of nitrogens with one attached hydrogen (secondary N) is 2. The Bertz CT molecular complexity index is 928. The largest absolute Gasteiger partial charge is 0.393 e. The van der Waals surface area contributed by atoms with Crippen molar-refractivity contribution in [2.75, 3.05) is 0 Å². The minimum absolute atomic E-state index is 0.0752. The second kappa shape index (κ2) is 7.09. The summed E-state index contributed by atoms with van der Waals surface area (Å²) in [6.07, 6.45) is 6.39. The molecule has 2 heterocycles. The molecule has 1 aliphatic carbocycles. The fourth-order valence-corrected chi connectivity index (χ4v) is 3.72. The Labute approximate surface area is 156 Å². The van der Waals surface area contributed by atoms with Gasteiger partial charge in [-0.05, 0) is 43.9 Å². The van der Waals surface area contributed by atoms with E-state index in [-0.39, 0.29) is 18.1 Å². The van der Waals surface area contributed by atoms with E-state index in [1.807, 2.05) is 36.5 Å². The van der Waals surface area contributed by atoms with Gasteiger partial charge in [-0.1, -0.05) is 23.7 Å². The number of hydrogen-bond donors (Lipinski definition) is 3. The fourth-order valence-electron chi connectivity index (χ4n) is 3.52. The lowest BCUT2D eigenvalue weighted by atomic mass is 9.93. The number of aromatic nitrogens is 2. The average molecular weight is 370 g/mol. The van der Waals surface area contributed by atoms with Gasteiger partial charge < -0.3 is 15.4 Å². The van der Waals surface area contributed by atoms with Crippen molar-refractivity contribution in [2.45, 2.75) is 37.8 Å². The summed E-state index contributed by atoms with van der Waals surface area (Å²) in [6.45, 7) is 0. The van der Waals surface area contributed by atoms with Gasteiger partial charge in [0.25, 0.3) is 5.91 Å². The number of hydrogen-bond acceptors (Lipinski definition) is 3. The number of halogens is 1. The van der Waals surface area contributed by atoms with Gasteiger partial charge in [-0.15, -0.1) is 0 Å². The highest BCUT2D eigenvalue weighted by Gasteiger charge is 2.21. The topological polar surface area (TPSA) is 78.0 Å². The van der Waals surface area contributed by atoms with E-state index in [0.29, 0.717) is 10.6 Å². The van der Waals surface area contributed by atoms with Gasteiger partial charge >= 0.3 is 0 Å². The van der Waals surface area contributed by atoms with Crippen molar-refractivity contribution in [1.29, 1.82) is 0 Å². The maximum atomic E-state index is 12.4. The zero-order valence-electron chi connectivity index (χ0n) is 14.2. The van der Waals surface area contributed by atoms with Crippen LogP contribution in [0, 0.1) is 0 Å². The molecule has 1 fully saturated rings. The van der Waals surface area contributed by atoms with E-state index < -0.39 is 0 Å². The minimum Gasteiger partial charge on any atom is -0.393 e. The van der Waals surface area contributed by atoms with E-state index in [2.05, 4.69) is 15.3 Å². The highest BCUT2D eigenvalue weighted by atomic mass is 35.5. The second-order valence-corrected chi connectivity index (χ2v) is 7.18. The SMILES string of the molecule is O=C(N[C@H]1CC[C@@H](O)CC1)c1ccc(-c2ncc(Cl)c3[nH]ccc23)cc1. The Kier molecular flexibility index (Phi) is 4.66. The molecule has 0 bridgehead atoms. The quantitative estimate of drug-likeness (QED) is 0.654. The predicted octanol–water partition coefficient (Wildman–Crippen LogP) is 3.92. The van der Waals surface area contributed by atoms with Crippen LogP contribution in [-0.2, 0) is 0 Å². The fraction of sp³-hybridized carbons (Fsp3) is 0.300. The first-order valence-electron chi connectivity index (χ1n) is 8.83. The van der Waals surface area contributed by atoms with E-state index in [9.17, 15) is 9.90 Å². The Morgan fingerprint density at radius 3 is 2.62 bits per heavy atom. The zero-order chi connectivity index (χ0) is 18.1. The molecule has 3 aromatic rings. The van der Waals surface area contributed by atoms with Crippen LogP contribution in [0.15, 0.2) is 42.7 Å². The molecular weight excluding hydrogens is 350 g/mol. The Hall–Kier alpha value is -2.37. The molecule has 1 aromatic carbocycles.